The van der Waals surface area contributed by atoms with Crippen LogP contribution in [0.4, 0.5) is 0 Å². The lowest BCUT2D eigenvalue weighted by Crippen LogP contribution is -2.26. The van der Waals surface area contributed by atoms with E-state index in [9.17, 15) is 0 Å². The van der Waals surface area contributed by atoms with Crippen molar-refractivity contribution in [2.24, 2.45) is 11.8 Å². The Morgan fingerprint density at radius 2 is 1.68 bits per heavy atom. The molecule has 0 aromatic heterocycles. The average molecular weight is 264 g/mol. The van der Waals surface area contributed by atoms with E-state index in [-0.39, 0.29) is 0 Å². The first-order chi connectivity index (χ1) is 9.38. The van der Waals surface area contributed by atoms with Crippen molar-refractivity contribution in [3.05, 3.63) is 24.3 Å². The highest BCUT2D eigenvalue weighted by atomic mass is 16.3. The molecule has 2 atom stereocenters. The van der Waals surface area contributed by atoms with Crippen molar-refractivity contribution in [2.75, 3.05) is 6.61 Å². The molecule has 1 saturated carbocycles. The molecular weight excluding hydrogens is 232 g/mol. The lowest BCUT2D eigenvalue weighted by Gasteiger charge is -2.32. The highest BCUT2D eigenvalue weighted by Crippen LogP contribution is 2.34. The van der Waals surface area contributed by atoms with Crippen LogP contribution in [0.5, 0.6) is 0 Å². The van der Waals surface area contributed by atoms with Gasteiger partial charge in [0.15, 0.2) is 0 Å². The zero-order chi connectivity index (χ0) is 13.8. The molecule has 19 heavy (non-hydrogen) atoms. The number of hydrogen-bond acceptors (Lipinski definition) is 1. The Bertz CT molecular complexity index is 252. The predicted molar refractivity (Wildman–Crippen MR) is 84.2 cm³/mol. The summed E-state index contributed by atoms with van der Waals surface area (Å²) in [5, 5.41) is 9.08. The molecule has 0 unspecified atom stereocenters. The van der Waals surface area contributed by atoms with Crippen molar-refractivity contribution in [3.63, 3.8) is 0 Å². The molecule has 0 aromatic rings. The molecule has 1 N–H and O–H groups in total. The van der Waals surface area contributed by atoms with Crippen LogP contribution in [0.25, 0.3) is 0 Å². The number of allylic oxidation sites excluding steroid dienone is 4. The molecule has 1 heteroatoms. The quantitative estimate of drug-likeness (QED) is 0.399. The van der Waals surface area contributed by atoms with E-state index in [1.54, 1.807) is 0 Å². The van der Waals surface area contributed by atoms with Crippen LogP contribution in [0.1, 0.15) is 71.1 Å². The normalized spacial score (nSPS) is 23.3. The highest BCUT2D eigenvalue weighted by molar-refractivity contribution is 5.07. The first kappa shape index (κ1) is 16.5. The van der Waals surface area contributed by atoms with Gasteiger partial charge in [0.1, 0.15) is 0 Å². The van der Waals surface area contributed by atoms with Gasteiger partial charge < -0.3 is 5.11 Å². The van der Waals surface area contributed by atoms with Gasteiger partial charge in [-0.3, -0.25) is 0 Å². The van der Waals surface area contributed by atoms with E-state index in [2.05, 4.69) is 31.2 Å². The van der Waals surface area contributed by atoms with Gasteiger partial charge in [0.2, 0.25) is 0 Å². The predicted octanol–water partition coefficient (Wildman–Crippen LogP) is 5.26. The summed E-state index contributed by atoms with van der Waals surface area (Å²) in [6.45, 7) is 2.63. The second kappa shape index (κ2) is 11.3. The van der Waals surface area contributed by atoms with Crippen molar-refractivity contribution in [2.45, 2.75) is 71.1 Å². The molecule has 0 saturated heterocycles. The van der Waals surface area contributed by atoms with Gasteiger partial charge in [-0.25, -0.2) is 0 Å². The Balaban J connectivity index is 1.89. The molecule has 0 spiro atoms. The summed E-state index contributed by atoms with van der Waals surface area (Å²) in [7, 11) is 0. The van der Waals surface area contributed by atoms with E-state index in [4.69, 9.17) is 5.11 Å². The van der Waals surface area contributed by atoms with E-state index in [0.29, 0.717) is 18.4 Å². The Kier molecular flexibility index (Phi) is 9.79. The zero-order valence-corrected chi connectivity index (χ0v) is 12.7. The molecule has 0 aromatic carbocycles. The molecule has 1 aliphatic rings. The fourth-order valence-corrected chi connectivity index (χ4v) is 2.68. The lowest BCUT2D eigenvalue weighted by molar-refractivity contribution is 0.119. The molecule has 0 radical (unpaired) electrons. The van der Waals surface area contributed by atoms with E-state index >= 15 is 0 Å². The van der Waals surface area contributed by atoms with Crippen LogP contribution >= 0.6 is 0 Å². The largest absolute Gasteiger partial charge is 0.396 e. The number of rotatable bonds is 11. The third-order valence-corrected chi connectivity index (χ3v) is 4.29. The summed E-state index contributed by atoms with van der Waals surface area (Å²) in [5.74, 6) is 1.17. The molecule has 0 bridgehead atoms. The minimum atomic E-state index is 0.358. The lowest BCUT2D eigenvalue weighted by atomic mass is 9.74. The van der Waals surface area contributed by atoms with Crippen LogP contribution < -0.4 is 0 Å². The Hall–Kier alpha value is -0.560. The summed E-state index contributed by atoms with van der Waals surface area (Å²) in [5.41, 5.74) is 0. The topological polar surface area (TPSA) is 20.2 Å². The minimum Gasteiger partial charge on any atom is -0.396 e. The average Bonchev–Trinajstić information content (AvgIpc) is 2.39. The molecule has 0 heterocycles. The zero-order valence-electron chi connectivity index (χ0n) is 12.7. The van der Waals surface area contributed by atoms with Crippen LogP contribution in [0.15, 0.2) is 24.3 Å². The summed E-state index contributed by atoms with van der Waals surface area (Å²) in [6, 6.07) is 0. The number of aliphatic hydroxyl groups is 1. The number of hydrogen-bond donors (Lipinski definition) is 1. The standard InChI is InChI=1S/C18H32O/c1-2-3-4-5-6-7-8-9-10-11-12-13-17-14-15-18(17)16-19/h10-13,17-19H,2-9,14-16H2,1H3/b11-10+,13-12+/t17-,18-/m0/s1. The fraction of sp³-hybridized carbons (Fsp3) is 0.778. The number of unbranched alkanes of at least 4 members (excludes halogenated alkanes) is 7. The second-order valence-electron chi connectivity index (χ2n) is 5.91. The van der Waals surface area contributed by atoms with Gasteiger partial charge in [-0.15, -0.1) is 0 Å². The Morgan fingerprint density at radius 3 is 2.32 bits per heavy atom. The van der Waals surface area contributed by atoms with Crippen molar-refractivity contribution in [3.8, 4) is 0 Å². The van der Waals surface area contributed by atoms with Crippen molar-refractivity contribution >= 4 is 0 Å². The molecule has 1 nitrogen and oxygen atoms in total. The van der Waals surface area contributed by atoms with Crippen LogP contribution in [0.2, 0.25) is 0 Å². The first-order valence-electron chi connectivity index (χ1n) is 8.32. The van der Waals surface area contributed by atoms with E-state index < -0.39 is 0 Å². The summed E-state index contributed by atoms with van der Waals surface area (Å²) >= 11 is 0. The molecule has 110 valence electrons. The maximum atomic E-state index is 9.08. The van der Waals surface area contributed by atoms with Crippen molar-refractivity contribution in [1.29, 1.82) is 0 Å². The molecule has 0 aliphatic heterocycles. The smallest absolute Gasteiger partial charge is 0.0464 e. The van der Waals surface area contributed by atoms with Crippen molar-refractivity contribution in [1.82, 2.24) is 0 Å². The summed E-state index contributed by atoms with van der Waals surface area (Å²) in [4.78, 5) is 0. The van der Waals surface area contributed by atoms with E-state index in [1.807, 2.05) is 0 Å². The molecular formula is C18H32O. The third kappa shape index (κ3) is 7.57. The van der Waals surface area contributed by atoms with Gasteiger partial charge in [0.05, 0.1) is 0 Å². The maximum absolute atomic E-state index is 9.08. The molecule has 1 rings (SSSR count). The van der Waals surface area contributed by atoms with E-state index in [1.165, 1.54) is 64.2 Å². The van der Waals surface area contributed by atoms with E-state index in [0.717, 1.165) is 0 Å². The van der Waals surface area contributed by atoms with Crippen LogP contribution in [0.3, 0.4) is 0 Å². The fourth-order valence-electron chi connectivity index (χ4n) is 2.68. The van der Waals surface area contributed by atoms with Gasteiger partial charge in [0, 0.05) is 6.61 Å². The third-order valence-electron chi connectivity index (χ3n) is 4.29. The summed E-state index contributed by atoms with van der Waals surface area (Å²) in [6.07, 6.45) is 22.3. The van der Waals surface area contributed by atoms with Crippen LogP contribution in [-0.2, 0) is 0 Å². The minimum absolute atomic E-state index is 0.358. The van der Waals surface area contributed by atoms with Gasteiger partial charge in [-0.2, -0.15) is 0 Å². The SMILES string of the molecule is CCCCCCCCC/C=C/C=C/[C@H]1CC[C@H]1CO. The maximum Gasteiger partial charge on any atom is 0.0464 e. The van der Waals surface area contributed by atoms with Gasteiger partial charge in [0.25, 0.3) is 0 Å². The van der Waals surface area contributed by atoms with Crippen LogP contribution in [0, 0.1) is 11.8 Å². The first-order valence-corrected chi connectivity index (χ1v) is 8.32. The van der Waals surface area contributed by atoms with Gasteiger partial charge in [-0.05, 0) is 37.5 Å². The van der Waals surface area contributed by atoms with Crippen LogP contribution in [-0.4, -0.2) is 11.7 Å². The molecule has 1 aliphatic carbocycles. The highest BCUT2D eigenvalue weighted by Gasteiger charge is 2.27. The Morgan fingerprint density at radius 1 is 0.947 bits per heavy atom. The molecule has 1 fully saturated rings. The molecule has 0 amide bonds. The second-order valence-corrected chi connectivity index (χ2v) is 5.91. The van der Waals surface area contributed by atoms with Crippen molar-refractivity contribution < 1.29 is 5.11 Å². The van der Waals surface area contributed by atoms with Gasteiger partial charge in [-0.1, -0.05) is 69.8 Å². The number of aliphatic hydroxyl groups excluding tert-OH is 1. The van der Waals surface area contributed by atoms with Gasteiger partial charge >= 0.3 is 0 Å². The monoisotopic (exact) mass is 264 g/mol. The summed E-state index contributed by atoms with van der Waals surface area (Å²) < 4.78 is 0. The Labute approximate surface area is 119 Å².